The molecule has 0 aliphatic rings. The van der Waals surface area contributed by atoms with Crippen LogP contribution in [-0.2, 0) is 6.54 Å². The van der Waals surface area contributed by atoms with Gasteiger partial charge in [0, 0.05) is 18.8 Å². The van der Waals surface area contributed by atoms with E-state index >= 15 is 0 Å². The SMILES string of the molecule is Cc1cnn([C@H](C)[C@H](C)NCc2ccc(-n3cncn3)cc2)c1. The van der Waals surface area contributed by atoms with Crippen molar-refractivity contribution < 1.29 is 0 Å². The molecule has 0 aliphatic heterocycles. The molecule has 6 heteroatoms. The molecule has 2 atom stereocenters. The maximum atomic E-state index is 4.39. The third-order valence-corrected chi connectivity index (χ3v) is 4.12. The minimum absolute atomic E-state index is 0.304. The Morgan fingerprint density at radius 2 is 1.91 bits per heavy atom. The standard InChI is InChI=1S/C17H22N6/c1-13-8-20-22(10-13)15(3)14(2)19-9-16-4-6-17(7-5-16)23-12-18-11-21-23/h4-8,10-12,14-15,19H,9H2,1-3H3/t14-,15+/m0/s1. The monoisotopic (exact) mass is 310 g/mol. The van der Waals surface area contributed by atoms with Crippen LogP contribution in [0.15, 0.2) is 49.3 Å². The molecule has 2 aromatic heterocycles. The van der Waals surface area contributed by atoms with Crippen LogP contribution in [-0.4, -0.2) is 30.6 Å². The second-order valence-corrected chi connectivity index (χ2v) is 5.91. The normalized spacial score (nSPS) is 13.9. The molecule has 0 bridgehead atoms. The number of aromatic nitrogens is 5. The molecule has 2 heterocycles. The van der Waals surface area contributed by atoms with Crippen molar-refractivity contribution in [3.05, 3.63) is 60.4 Å². The van der Waals surface area contributed by atoms with E-state index in [0.29, 0.717) is 12.1 Å². The maximum Gasteiger partial charge on any atom is 0.138 e. The summed E-state index contributed by atoms with van der Waals surface area (Å²) < 4.78 is 3.77. The Bertz CT molecular complexity index is 729. The van der Waals surface area contributed by atoms with Gasteiger partial charge in [0.25, 0.3) is 0 Å². The molecule has 6 nitrogen and oxygen atoms in total. The summed E-state index contributed by atoms with van der Waals surface area (Å²) in [5, 5.41) is 12.1. The second kappa shape index (κ2) is 6.75. The highest BCUT2D eigenvalue weighted by molar-refractivity contribution is 5.33. The molecule has 0 fully saturated rings. The summed E-state index contributed by atoms with van der Waals surface area (Å²) >= 11 is 0. The van der Waals surface area contributed by atoms with Gasteiger partial charge in [-0.05, 0) is 44.0 Å². The fourth-order valence-electron chi connectivity index (χ4n) is 2.44. The molecule has 0 spiro atoms. The lowest BCUT2D eigenvalue weighted by atomic mass is 10.1. The third kappa shape index (κ3) is 3.65. The van der Waals surface area contributed by atoms with Crippen molar-refractivity contribution in [2.24, 2.45) is 0 Å². The first-order chi connectivity index (χ1) is 11.1. The topological polar surface area (TPSA) is 60.6 Å². The molecule has 1 aromatic carbocycles. The van der Waals surface area contributed by atoms with Crippen LogP contribution in [0, 0.1) is 6.92 Å². The fraction of sp³-hybridized carbons (Fsp3) is 0.353. The van der Waals surface area contributed by atoms with Crippen molar-refractivity contribution in [2.75, 3.05) is 0 Å². The summed E-state index contributed by atoms with van der Waals surface area (Å²) in [4.78, 5) is 3.96. The summed E-state index contributed by atoms with van der Waals surface area (Å²) in [6.07, 6.45) is 7.21. The van der Waals surface area contributed by atoms with Gasteiger partial charge in [-0.25, -0.2) is 9.67 Å². The first kappa shape index (κ1) is 15.4. The molecule has 23 heavy (non-hydrogen) atoms. The molecule has 0 saturated carbocycles. The Kier molecular flexibility index (Phi) is 4.52. The molecule has 0 unspecified atom stereocenters. The van der Waals surface area contributed by atoms with E-state index in [4.69, 9.17) is 0 Å². The first-order valence-electron chi connectivity index (χ1n) is 7.81. The minimum Gasteiger partial charge on any atom is -0.308 e. The zero-order chi connectivity index (χ0) is 16.2. The van der Waals surface area contributed by atoms with Crippen LogP contribution < -0.4 is 5.32 Å². The smallest absolute Gasteiger partial charge is 0.138 e. The number of benzene rings is 1. The lowest BCUT2D eigenvalue weighted by Crippen LogP contribution is -2.33. The molecule has 120 valence electrons. The highest BCUT2D eigenvalue weighted by Crippen LogP contribution is 2.12. The van der Waals surface area contributed by atoms with Gasteiger partial charge >= 0.3 is 0 Å². The van der Waals surface area contributed by atoms with E-state index < -0.39 is 0 Å². The molecular formula is C17H22N6. The zero-order valence-electron chi connectivity index (χ0n) is 13.7. The van der Waals surface area contributed by atoms with Gasteiger partial charge in [0.1, 0.15) is 12.7 Å². The van der Waals surface area contributed by atoms with Gasteiger partial charge in [-0.1, -0.05) is 12.1 Å². The van der Waals surface area contributed by atoms with E-state index in [1.54, 1.807) is 11.0 Å². The van der Waals surface area contributed by atoms with E-state index in [0.717, 1.165) is 12.2 Å². The number of nitrogens with one attached hydrogen (secondary N) is 1. The predicted octanol–water partition coefficient (Wildman–Crippen LogP) is 2.51. The van der Waals surface area contributed by atoms with Crippen LogP contribution in [0.4, 0.5) is 0 Å². The van der Waals surface area contributed by atoms with Crippen molar-refractivity contribution in [1.29, 1.82) is 0 Å². The Balaban J connectivity index is 1.57. The molecular weight excluding hydrogens is 288 g/mol. The van der Waals surface area contributed by atoms with Gasteiger partial charge in [-0.15, -0.1) is 0 Å². The second-order valence-electron chi connectivity index (χ2n) is 5.91. The predicted molar refractivity (Wildman–Crippen MR) is 89.3 cm³/mol. The number of hydrogen-bond acceptors (Lipinski definition) is 4. The lowest BCUT2D eigenvalue weighted by Gasteiger charge is -2.22. The van der Waals surface area contributed by atoms with E-state index in [2.05, 4.69) is 71.7 Å². The third-order valence-electron chi connectivity index (χ3n) is 4.12. The molecule has 0 aliphatic carbocycles. The summed E-state index contributed by atoms with van der Waals surface area (Å²) in [6, 6.07) is 8.95. The first-order valence-corrected chi connectivity index (χ1v) is 7.81. The molecule has 0 amide bonds. The van der Waals surface area contributed by atoms with Gasteiger partial charge in [0.05, 0.1) is 17.9 Å². The fourth-order valence-corrected chi connectivity index (χ4v) is 2.44. The van der Waals surface area contributed by atoms with Gasteiger partial charge < -0.3 is 5.32 Å². The molecule has 3 rings (SSSR count). The van der Waals surface area contributed by atoms with Crippen molar-refractivity contribution in [1.82, 2.24) is 29.9 Å². The highest BCUT2D eigenvalue weighted by Gasteiger charge is 2.14. The summed E-state index contributed by atoms with van der Waals surface area (Å²) in [5.74, 6) is 0. The van der Waals surface area contributed by atoms with E-state index in [9.17, 15) is 0 Å². The van der Waals surface area contributed by atoms with Crippen LogP contribution in [0.5, 0.6) is 0 Å². The Morgan fingerprint density at radius 1 is 1.13 bits per heavy atom. The number of aryl methyl sites for hydroxylation is 1. The molecule has 0 radical (unpaired) electrons. The average Bonchev–Trinajstić information content (AvgIpc) is 3.24. The van der Waals surface area contributed by atoms with E-state index in [1.165, 1.54) is 17.5 Å². The van der Waals surface area contributed by atoms with E-state index in [1.807, 2.05) is 10.9 Å². The Hall–Kier alpha value is -2.47. The van der Waals surface area contributed by atoms with Crippen LogP contribution in [0.1, 0.15) is 31.0 Å². The summed E-state index contributed by atoms with van der Waals surface area (Å²) in [7, 11) is 0. The van der Waals surface area contributed by atoms with Crippen molar-refractivity contribution in [3.8, 4) is 5.69 Å². The van der Waals surface area contributed by atoms with Crippen LogP contribution in [0.25, 0.3) is 5.69 Å². The number of nitrogens with zero attached hydrogens (tertiary/aromatic N) is 5. The van der Waals surface area contributed by atoms with Gasteiger partial charge in [0.15, 0.2) is 0 Å². The van der Waals surface area contributed by atoms with E-state index in [-0.39, 0.29) is 0 Å². The van der Waals surface area contributed by atoms with Crippen molar-refractivity contribution in [3.63, 3.8) is 0 Å². The largest absolute Gasteiger partial charge is 0.308 e. The molecule has 0 saturated heterocycles. The summed E-state index contributed by atoms with van der Waals surface area (Å²) in [6.45, 7) is 7.25. The highest BCUT2D eigenvalue weighted by atomic mass is 15.3. The summed E-state index contributed by atoms with van der Waals surface area (Å²) in [5.41, 5.74) is 3.44. The lowest BCUT2D eigenvalue weighted by molar-refractivity contribution is 0.365. The Morgan fingerprint density at radius 3 is 2.52 bits per heavy atom. The minimum atomic E-state index is 0.304. The van der Waals surface area contributed by atoms with Gasteiger partial charge in [-0.2, -0.15) is 10.2 Å². The van der Waals surface area contributed by atoms with Crippen LogP contribution in [0.2, 0.25) is 0 Å². The Labute approximate surface area is 136 Å². The van der Waals surface area contributed by atoms with Crippen molar-refractivity contribution >= 4 is 0 Å². The number of rotatable bonds is 6. The molecule has 3 aromatic rings. The van der Waals surface area contributed by atoms with Crippen LogP contribution >= 0.6 is 0 Å². The van der Waals surface area contributed by atoms with Crippen molar-refractivity contribution in [2.45, 2.75) is 39.4 Å². The number of hydrogen-bond donors (Lipinski definition) is 1. The maximum absolute atomic E-state index is 4.39. The van der Waals surface area contributed by atoms with Crippen LogP contribution in [0.3, 0.4) is 0 Å². The zero-order valence-corrected chi connectivity index (χ0v) is 13.7. The van der Waals surface area contributed by atoms with Gasteiger partial charge in [0.2, 0.25) is 0 Å². The quantitative estimate of drug-likeness (QED) is 0.760. The van der Waals surface area contributed by atoms with Gasteiger partial charge in [-0.3, -0.25) is 4.68 Å². The average molecular weight is 310 g/mol. The molecule has 1 N–H and O–H groups in total.